The summed E-state index contributed by atoms with van der Waals surface area (Å²) in [5.74, 6) is 0.819. The minimum Gasteiger partial charge on any atom is -0.487 e. The molecule has 29 heavy (non-hydrogen) atoms. The maximum atomic E-state index is 12.2. The van der Waals surface area contributed by atoms with Gasteiger partial charge in [0.2, 0.25) is 0 Å². The van der Waals surface area contributed by atoms with Crippen molar-refractivity contribution in [3.8, 4) is 28.3 Å². The van der Waals surface area contributed by atoms with E-state index in [2.05, 4.69) is 27.2 Å². The number of rotatable bonds is 7. The lowest BCUT2D eigenvalue weighted by Gasteiger charge is -2.06. The third-order valence-electron chi connectivity index (χ3n) is 4.22. The molecule has 4 rings (SSSR count). The highest BCUT2D eigenvalue weighted by molar-refractivity contribution is 5.63. The van der Waals surface area contributed by atoms with Crippen molar-refractivity contribution in [2.24, 2.45) is 0 Å². The van der Waals surface area contributed by atoms with Gasteiger partial charge in [0, 0.05) is 0 Å². The molecule has 0 atom stereocenters. The van der Waals surface area contributed by atoms with Gasteiger partial charge in [-0.25, -0.2) is 4.68 Å². The van der Waals surface area contributed by atoms with E-state index in [1.165, 1.54) is 12.1 Å². The lowest BCUT2D eigenvalue weighted by atomic mass is 10.1. The molecule has 5 nitrogen and oxygen atoms in total. The van der Waals surface area contributed by atoms with Crippen molar-refractivity contribution >= 4 is 0 Å². The van der Waals surface area contributed by atoms with Crippen LogP contribution in [0.3, 0.4) is 0 Å². The van der Waals surface area contributed by atoms with Crippen molar-refractivity contribution in [3.63, 3.8) is 0 Å². The van der Waals surface area contributed by atoms with Crippen LogP contribution in [0.4, 0.5) is 8.78 Å². The van der Waals surface area contributed by atoms with Gasteiger partial charge >= 0.3 is 6.61 Å². The van der Waals surface area contributed by atoms with Crippen LogP contribution in [0.5, 0.6) is 11.5 Å². The normalized spacial score (nSPS) is 10.9. The molecule has 0 fully saturated rings. The van der Waals surface area contributed by atoms with Crippen LogP contribution < -0.4 is 9.47 Å². The first-order chi connectivity index (χ1) is 14.2. The Labute approximate surface area is 166 Å². The van der Waals surface area contributed by atoms with Gasteiger partial charge in [-0.1, -0.05) is 47.7 Å². The highest BCUT2D eigenvalue weighted by Crippen LogP contribution is 2.22. The molecule has 0 aliphatic rings. The zero-order chi connectivity index (χ0) is 20.1. The lowest BCUT2D eigenvalue weighted by Crippen LogP contribution is -2.02. The SMILES string of the molecule is FC(F)Oc1ccc(-n2cc(COc3ccc(-c4ccccc4)cc3)nn2)cc1. The van der Waals surface area contributed by atoms with Crippen LogP contribution in [0.1, 0.15) is 5.69 Å². The quantitative estimate of drug-likeness (QED) is 0.438. The highest BCUT2D eigenvalue weighted by Gasteiger charge is 2.07. The average Bonchev–Trinajstić information content (AvgIpc) is 3.22. The molecule has 1 aromatic heterocycles. The minimum absolute atomic E-state index is 0.0892. The summed E-state index contributed by atoms with van der Waals surface area (Å²) >= 11 is 0. The number of alkyl halides is 2. The molecule has 0 N–H and O–H groups in total. The molecular weight excluding hydrogens is 376 g/mol. The van der Waals surface area contributed by atoms with Gasteiger partial charge < -0.3 is 9.47 Å². The molecule has 146 valence electrons. The molecular formula is C22H17F2N3O2. The Balaban J connectivity index is 1.37. The number of aromatic nitrogens is 3. The van der Waals surface area contributed by atoms with Gasteiger partial charge in [-0.05, 0) is 47.5 Å². The summed E-state index contributed by atoms with van der Waals surface area (Å²) in [5, 5.41) is 8.12. The van der Waals surface area contributed by atoms with Crippen molar-refractivity contribution in [2.75, 3.05) is 0 Å². The van der Waals surface area contributed by atoms with Crippen LogP contribution in [-0.2, 0) is 6.61 Å². The summed E-state index contributed by atoms with van der Waals surface area (Å²) in [6.07, 6.45) is 1.72. The Morgan fingerprint density at radius 2 is 1.45 bits per heavy atom. The number of halogens is 2. The van der Waals surface area contributed by atoms with E-state index in [4.69, 9.17) is 4.74 Å². The van der Waals surface area contributed by atoms with E-state index < -0.39 is 6.61 Å². The van der Waals surface area contributed by atoms with Gasteiger partial charge in [0.15, 0.2) is 0 Å². The summed E-state index contributed by atoms with van der Waals surface area (Å²) in [5.41, 5.74) is 3.58. The van der Waals surface area contributed by atoms with Crippen LogP contribution in [0.2, 0.25) is 0 Å². The molecule has 0 unspecified atom stereocenters. The Bertz CT molecular complexity index is 1050. The molecule has 7 heteroatoms. The molecule has 0 radical (unpaired) electrons. The number of hydrogen-bond donors (Lipinski definition) is 0. The lowest BCUT2D eigenvalue weighted by molar-refractivity contribution is -0.0498. The molecule has 0 saturated heterocycles. The Morgan fingerprint density at radius 1 is 0.793 bits per heavy atom. The van der Waals surface area contributed by atoms with Crippen molar-refractivity contribution in [3.05, 3.63) is 90.8 Å². The first kappa shape index (κ1) is 18.6. The van der Waals surface area contributed by atoms with Crippen molar-refractivity contribution in [2.45, 2.75) is 13.2 Å². The van der Waals surface area contributed by atoms with Crippen molar-refractivity contribution in [1.29, 1.82) is 0 Å². The van der Waals surface area contributed by atoms with E-state index in [-0.39, 0.29) is 12.4 Å². The minimum atomic E-state index is -2.85. The second-order valence-electron chi connectivity index (χ2n) is 6.21. The Hall–Kier alpha value is -3.74. The molecule has 3 aromatic carbocycles. The fraction of sp³-hybridized carbons (Fsp3) is 0.0909. The molecule has 1 heterocycles. The van der Waals surface area contributed by atoms with Crippen LogP contribution in [-0.4, -0.2) is 21.6 Å². The van der Waals surface area contributed by atoms with Crippen LogP contribution in [0.15, 0.2) is 85.1 Å². The summed E-state index contributed by atoms with van der Waals surface area (Å²) in [4.78, 5) is 0. The average molecular weight is 393 g/mol. The summed E-state index contributed by atoms with van der Waals surface area (Å²) < 4.78 is 36.1. The zero-order valence-electron chi connectivity index (χ0n) is 15.3. The van der Waals surface area contributed by atoms with E-state index in [1.54, 1.807) is 23.0 Å². The van der Waals surface area contributed by atoms with E-state index in [0.29, 0.717) is 11.4 Å². The molecule has 0 amide bonds. The third kappa shape index (κ3) is 4.76. The summed E-state index contributed by atoms with van der Waals surface area (Å²) in [7, 11) is 0. The van der Waals surface area contributed by atoms with E-state index in [9.17, 15) is 8.78 Å². The molecule has 0 spiro atoms. The maximum Gasteiger partial charge on any atom is 0.387 e. The molecule has 0 aliphatic heterocycles. The number of ether oxygens (including phenoxy) is 2. The monoisotopic (exact) mass is 393 g/mol. The largest absolute Gasteiger partial charge is 0.487 e. The van der Waals surface area contributed by atoms with Gasteiger partial charge in [0.25, 0.3) is 0 Å². The van der Waals surface area contributed by atoms with Crippen LogP contribution in [0.25, 0.3) is 16.8 Å². The maximum absolute atomic E-state index is 12.2. The van der Waals surface area contributed by atoms with Gasteiger partial charge in [-0.15, -0.1) is 5.10 Å². The number of nitrogens with zero attached hydrogens (tertiary/aromatic N) is 3. The van der Waals surface area contributed by atoms with E-state index in [1.807, 2.05) is 42.5 Å². The second-order valence-corrected chi connectivity index (χ2v) is 6.21. The summed E-state index contributed by atoms with van der Waals surface area (Å²) in [6.45, 7) is -2.59. The van der Waals surface area contributed by atoms with Gasteiger partial charge in [0.05, 0.1) is 11.9 Å². The molecule has 0 aliphatic carbocycles. The highest BCUT2D eigenvalue weighted by atomic mass is 19.3. The number of hydrogen-bond acceptors (Lipinski definition) is 4. The van der Waals surface area contributed by atoms with Gasteiger partial charge in [-0.3, -0.25) is 0 Å². The number of benzene rings is 3. The van der Waals surface area contributed by atoms with E-state index in [0.717, 1.165) is 16.9 Å². The van der Waals surface area contributed by atoms with Crippen molar-refractivity contribution in [1.82, 2.24) is 15.0 Å². The smallest absolute Gasteiger partial charge is 0.387 e. The zero-order valence-corrected chi connectivity index (χ0v) is 15.3. The van der Waals surface area contributed by atoms with Crippen molar-refractivity contribution < 1.29 is 18.3 Å². The molecule has 4 aromatic rings. The first-order valence-corrected chi connectivity index (χ1v) is 8.92. The predicted molar refractivity (Wildman–Crippen MR) is 104 cm³/mol. The fourth-order valence-corrected chi connectivity index (χ4v) is 2.80. The fourth-order valence-electron chi connectivity index (χ4n) is 2.80. The second kappa shape index (κ2) is 8.52. The Morgan fingerprint density at radius 3 is 2.14 bits per heavy atom. The third-order valence-corrected chi connectivity index (χ3v) is 4.22. The molecule has 0 bridgehead atoms. The topological polar surface area (TPSA) is 49.2 Å². The predicted octanol–water partition coefficient (Wildman–Crippen LogP) is 5.11. The van der Waals surface area contributed by atoms with E-state index >= 15 is 0 Å². The van der Waals surface area contributed by atoms with Crippen LogP contribution in [0, 0.1) is 0 Å². The standard InChI is InChI=1S/C22H17F2N3O2/c23-22(24)29-21-12-8-19(9-13-21)27-14-18(25-26-27)15-28-20-10-6-17(7-11-20)16-4-2-1-3-5-16/h1-14,22H,15H2. The Kier molecular flexibility index (Phi) is 5.47. The summed E-state index contributed by atoms with van der Waals surface area (Å²) in [6, 6.07) is 24.1. The van der Waals surface area contributed by atoms with Gasteiger partial charge in [0.1, 0.15) is 23.8 Å². The van der Waals surface area contributed by atoms with Gasteiger partial charge in [-0.2, -0.15) is 8.78 Å². The van der Waals surface area contributed by atoms with Crippen LogP contribution >= 0.6 is 0 Å². The molecule has 0 saturated carbocycles. The first-order valence-electron chi connectivity index (χ1n) is 8.92.